The smallest absolute Gasteiger partial charge is 0.231 e. The predicted molar refractivity (Wildman–Crippen MR) is 150 cm³/mol. The molecule has 0 fully saturated rings. The Balaban J connectivity index is 1.45. The van der Waals surface area contributed by atoms with Crippen molar-refractivity contribution in [2.75, 3.05) is 21.0 Å². The van der Waals surface area contributed by atoms with E-state index in [2.05, 4.69) is 84.2 Å². The SMILES string of the molecule is COc1ccc2cc3c4cc(-c5ccc(-c6ccccc6)cc5)c5c(c4cc[si]3cc2c1OC)OCO5. The van der Waals surface area contributed by atoms with Gasteiger partial charge in [0.25, 0.3) is 0 Å². The summed E-state index contributed by atoms with van der Waals surface area (Å²) in [6, 6.07) is 30.0. The third kappa shape index (κ3) is 3.46. The van der Waals surface area contributed by atoms with E-state index >= 15 is 0 Å². The Morgan fingerprint density at radius 3 is 2.22 bits per heavy atom. The normalized spacial score (nSPS) is 12.4. The zero-order valence-corrected chi connectivity index (χ0v) is 21.6. The van der Waals surface area contributed by atoms with E-state index in [1.54, 1.807) is 14.2 Å². The maximum Gasteiger partial charge on any atom is 0.231 e. The summed E-state index contributed by atoms with van der Waals surface area (Å²) in [5.41, 5.74) is 9.23. The van der Waals surface area contributed by atoms with Gasteiger partial charge in [-0.05, 0) is 44.6 Å². The first-order valence-electron chi connectivity index (χ1n) is 12.2. The number of fused-ring (bicyclic) bond motifs is 6. The number of ether oxygens (including phenoxy) is 4. The standard InChI is InChI=1S/C32H24O4Si/c1-33-28-13-12-23-16-29-26-17-25(22-10-8-21(9-11-22)20-6-4-3-5-7-20)32-31(35-19-36-32)24(26)14-15-37(29)18-27(23)30(28)34-2/h3-18H,19H2,1-2H3. The molecule has 4 nitrogen and oxygen atoms in total. The molecule has 0 saturated heterocycles. The van der Waals surface area contributed by atoms with Gasteiger partial charge in [-0.2, -0.15) is 0 Å². The van der Waals surface area contributed by atoms with Gasteiger partial charge in [0, 0.05) is 16.3 Å². The summed E-state index contributed by atoms with van der Waals surface area (Å²) in [5.74, 6) is 3.19. The Labute approximate surface area is 216 Å². The van der Waals surface area contributed by atoms with Crippen LogP contribution in [0.25, 0.3) is 48.8 Å². The van der Waals surface area contributed by atoms with Gasteiger partial charge < -0.3 is 18.9 Å². The predicted octanol–water partition coefficient (Wildman–Crippen LogP) is 7.55. The van der Waals surface area contributed by atoms with Gasteiger partial charge in [-0.15, -0.1) is 0 Å². The molecule has 7 rings (SSSR count). The summed E-state index contributed by atoms with van der Waals surface area (Å²) in [6.07, 6.45) is 0. The van der Waals surface area contributed by atoms with E-state index in [0.717, 1.165) is 50.3 Å². The molecular formula is C32H24O4Si. The van der Waals surface area contributed by atoms with Crippen LogP contribution < -0.4 is 18.9 Å². The second-order valence-corrected chi connectivity index (χ2v) is 11.3. The number of hydrogen-bond donors (Lipinski definition) is 0. The van der Waals surface area contributed by atoms with E-state index in [9.17, 15) is 0 Å². The highest BCUT2D eigenvalue weighted by Crippen LogP contribution is 2.48. The molecule has 0 saturated carbocycles. The fourth-order valence-electron chi connectivity index (χ4n) is 5.42. The molecule has 37 heavy (non-hydrogen) atoms. The van der Waals surface area contributed by atoms with E-state index in [4.69, 9.17) is 18.9 Å². The molecule has 3 heterocycles. The molecule has 0 radical (unpaired) electrons. The Morgan fingerprint density at radius 2 is 1.43 bits per heavy atom. The Kier molecular flexibility index (Phi) is 5.11. The molecule has 0 amide bonds. The van der Waals surface area contributed by atoms with Gasteiger partial charge in [-0.3, -0.25) is 0 Å². The topological polar surface area (TPSA) is 36.9 Å². The first-order valence-corrected chi connectivity index (χ1v) is 13.9. The summed E-state index contributed by atoms with van der Waals surface area (Å²) in [4.78, 5) is 1.34. The number of hydrogen-bond acceptors (Lipinski definition) is 4. The van der Waals surface area contributed by atoms with E-state index < -0.39 is 8.20 Å². The van der Waals surface area contributed by atoms with E-state index in [0.29, 0.717) is 0 Å². The quantitative estimate of drug-likeness (QED) is 0.142. The second-order valence-electron chi connectivity index (χ2n) is 9.19. The van der Waals surface area contributed by atoms with Crippen molar-refractivity contribution in [3.05, 3.63) is 96.3 Å². The van der Waals surface area contributed by atoms with Crippen LogP contribution in [0.1, 0.15) is 0 Å². The molecule has 1 aliphatic rings. The van der Waals surface area contributed by atoms with Crippen LogP contribution in [0, 0.1) is 0 Å². The highest BCUT2D eigenvalue weighted by atomic mass is 28.2. The fourth-order valence-corrected chi connectivity index (χ4v) is 7.65. The van der Waals surface area contributed by atoms with Crippen LogP contribution in [0.5, 0.6) is 23.0 Å². The van der Waals surface area contributed by atoms with Gasteiger partial charge in [-0.25, -0.2) is 0 Å². The van der Waals surface area contributed by atoms with Crippen molar-refractivity contribution in [2.45, 2.75) is 0 Å². The highest BCUT2D eigenvalue weighted by molar-refractivity contribution is 6.64. The Morgan fingerprint density at radius 1 is 0.676 bits per heavy atom. The molecule has 0 unspecified atom stereocenters. The van der Waals surface area contributed by atoms with Crippen LogP contribution in [0.4, 0.5) is 0 Å². The van der Waals surface area contributed by atoms with Crippen molar-refractivity contribution >= 4 is 34.7 Å². The van der Waals surface area contributed by atoms with Gasteiger partial charge in [0.2, 0.25) is 6.79 Å². The Hall–Kier alpha value is -4.35. The molecule has 0 N–H and O–H groups in total. The molecule has 0 atom stereocenters. The van der Waals surface area contributed by atoms with Crippen molar-refractivity contribution in [1.82, 2.24) is 0 Å². The summed E-state index contributed by atoms with van der Waals surface area (Å²) >= 11 is 0. The molecule has 0 aliphatic carbocycles. The van der Waals surface area contributed by atoms with Gasteiger partial charge in [0.15, 0.2) is 23.0 Å². The zero-order valence-electron chi connectivity index (χ0n) is 20.6. The molecular weight excluding hydrogens is 476 g/mol. The van der Waals surface area contributed by atoms with Crippen molar-refractivity contribution in [2.24, 2.45) is 0 Å². The molecule has 4 aromatic carbocycles. The van der Waals surface area contributed by atoms with Crippen molar-refractivity contribution in [3.63, 3.8) is 0 Å². The third-order valence-electron chi connectivity index (χ3n) is 7.23. The van der Waals surface area contributed by atoms with Crippen molar-refractivity contribution in [1.29, 1.82) is 0 Å². The Bertz CT molecular complexity index is 1810. The lowest BCUT2D eigenvalue weighted by Crippen LogP contribution is -1.96. The van der Waals surface area contributed by atoms with Crippen LogP contribution in [0.15, 0.2) is 96.3 Å². The van der Waals surface area contributed by atoms with E-state index in [1.165, 1.54) is 21.5 Å². The maximum absolute atomic E-state index is 6.03. The minimum absolute atomic E-state index is 0.234. The van der Waals surface area contributed by atoms with Gasteiger partial charge >= 0.3 is 0 Å². The maximum atomic E-state index is 6.03. The van der Waals surface area contributed by atoms with Crippen LogP contribution in [-0.4, -0.2) is 29.2 Å². The largest absolute Gasteiger partial charge is 0.493 e. The summed E-state index contributed by atoms with van der Waals surface area (Å²) in [7, 11) is 2.27. The molecule has 5 heteroatoms. The second kappa shape index (κ2) is 8.64. The molecule has 1 aliphatic heterocycles. The first-order chi connectivity index (χ1) is 18.2. The molecule has 6 aromatic rings. The average molecular weight is 501 g/mol. The molecule has 0 bridgehead atoms. The first kappa shape index (κ1) is 21.9. The van der Waals surface area contributed by atoms with E-state index in [-0.39, 0.29) is 6.79 Å². The fraction of sp³-hybridized carbons (Fsp3) is 0.0938. The van der Waals surface area contributed by atoms with Gasteiger partial charge in [0.1, 0.15) is 0 Å². The van der Waals surface area contributed by atoms with Gasteiger partial charge in [-0.1, -0.05) is 84.2 Å². The lowest BCUT2D eigenvalue weighted by molar-refractivity contribution is 0.175. The van der Waals surface area contributed by atoms with Crippen LogP contribution in [-0.2, 0) is 0 Å². The molecule has 180 valence electrons. The lowest BCUT2D eigenvalue weighted by atomic mass is 9.97. The van der Waals surface area contributed by atoms with Crippen LogP contribution in [0.3, 0.4) is 0 Å². The van der Waals surface area contributed by atoms with Crippen LogP contribution in [0.2, 0.25) is 0 Å². The lowest BCUT2D eigenvalue weighted by Gasteiger charge is -2.14. The minimum Gasteiger partial charge on any atom is -0.493 e. The monoisotopic (exact) mass is 500 g/mol. The minimum atomic E-state index is -1.10. The van der Waals surface area contributed by atoms with Gasteiger partial charge in [0.05, 0.1) is 22.4 Å². The highest BCUT2D eigenvalue weighted by Gasteiger charge is 2.24. The number of methoxy groups -OCH3 is 2. The number of benzene rings is 4. The summed E-state index contributed by atoms with van der Waals surface area (Å²) in [6.45, 7) is 0.234. The zero-order chi connectivity index (χ0) is 24.9. The average Bonchev–Trinajstić information content (AvgIpc) is 3.46. The summed E-state index contributed by atoms with van der Waals surface area (Å²) in [5, 5.41) is 4.54. The third-order valence-corrected chi connectivity index (χ3v) is 9.39. The molecule has 0 spiro atoms. The number of rotatable bonds is 4. The van der Waals surface area contributed by atoms with E-state index in [1.807, 2.05) is 12.1 Å². The van der Waals surface area contributed by atoms with Crippen molar-refractivity contribution in [3.8, 4) is 45.3 Å². The molecule has 2 aromatic heterocycles. The van der Waals surface area contributed by atoms with Crippen LogP contribution >= 0.6 is 0 Å². The van der Waals surface area contributed by atoms with Crippen molar-refractivity contribution < 1.29 is 18.9 Å². The summed E-state index contributed by atoms with van der Waals surface area (Å²) < 4.78 is 23.3.